The Morgan fingerprint density at radius 3 is 2.38 bits per heavy atom. The number of rotatable bonds is 5. The summed E-state index contributed by atoms with van der Waals surface area (Å²) < 4.78 is 18.6. The van der Waals surface area contributed by atoms with E-state index in [-0.39, 0.29) is 5.82 Å². The van der Waals surface area contributed by atoms with Crippen molar-refractivity contribution >= 4 is 5.69 Å². The normalized spacial score (nSPS) is 21.0. The van der Waals surface area contributed by atoms with Gasteiger partial charge in [-0.05, 0) is 43.3 Å². The van der Waals surface area contributed by atoms with Crippen LogP contribution in [0.1, 0.15) is 17.6 Å². The second kappa shape index (κ2) is 7.39. The molecule has 4 rings (SSSR count). The van der Waals surface area contributed by atoms with Crippen molar-refractivity contribution in [3.8, 4) is 0 Å². The van der Waals surface area contributed by atoms with Gasteiger partial charge in [-0.25, -0.2) is 4.39 Å². The maximum Gasteiger partial charge on any atom is 0.133 e. The number of hydrogen-bond acceptors (Lipinski definition) is 5. The molecule has 3 heterocycles. The van der Waals surface area contributed by atoms with Crippen molar-refractivity contribution in [3.63, 3.8) is 0 Å². The molecule has 0 aliphatic carbocycles. The van der Waals surface area contributed by atoms with Gasteiger partial charge in [0.1, 0.15) is 23.4 Å². The molecule has 2 aliphatic rings. The van der Waals surface area contributed by atoms with Crippen molar-refractivity contribution in [3.05, 3.63) is 53.7 Å². The van der Waals surface area contributed by atoms with E-state index < -0.39 is 6.10 Å². The van der Waals surface area contributed by atoms with E-state index in [9.17, 15) is 9.50 Å². The minimum Gasteiger partial charge on any atom is -0.464 e. The molecule has 0 bridgehead atoms. The van der Waals surface area contributed by atoms with Crippen LogP contribution in [0, 0.1) is 12.7 Å². The van der Waals surface area contributed by atoms with Gasteiger partial charge in [-0.2, -0.15) is 0 Å². The molecule has 0 saturated carbocycles. The number of nitrogens with zero attached hydrogens (tertiary/aromatic N) is 3. The lowest BCUT2D eigenvalue weighted by molar-refractivity contribution is -0.00354. The molecule has 6 heteroatoms. The fourth-order valence-electron chi connectivity index (χ4n) is 3.89. The van der Waals surface area contributed by atoms with E-state index in [1.165, 1.54) is 12.1 Å². The van der Waals surface area contributed by atoms with Gasteiger partial charge in [0, 0.05) is 57.5 Å². The second-order valence-corrected chi connectivity index (χ2v) is 7.34. The van der Waals surface area contributed by atoms with Crippen LogP contribution in [-0.2, 0) is 0 Å². The summed E-state index contributed by atoms with van der Waals surface area (Å²) in [6, 6.07) is 11.1. The summed E-state index contributed by atoms with van der Waals surface area (Å²) in [5, 5.41) is 10.3. The zero-order valence-corrected chi connectivity index (χ0v) is 15.1. The maximum absolute atomic E-state index is 13.1. The SMILES string of the molecule is Cc1ccc(C(O)CN2CC(N3CCN(c4ccc(F)cc4)CC3)C2)o1. The Bertz CT molecular complexity index is 719. The van der Waals surface area contributed by atoms with Crippen LogP contribution in [-0.4, -0.2) is 66.8 Å². The van der Waals surface area contributed by atoms with E-state index in [0.717, 1.165) is 50.7 Å². The Balaban J connectivity index is 1.21. The summed E-state index contributed by atoms with van der Waals surface area (Å²) in [6.07, 6.45) is -0.556. The summed E-state index contributed by atoms with van der Waals surface area (Å²) in [4.78, 5) is 7.12. The predicted octanol–water partition coefficient (Wildman–Crippen LogP) is 2.27. The molecule has 140 valence electrons. The van der Waals surface area contributed by atoms with Crippen molar-refractivity contribution in [2.24, 2.45) is 0 Å². The standard InChI is InChI=1S/C20H26FN3O2/c1-15-2-7-20(26-15)19(25)14-22-12-18(13-22)24-10-8-23(9-11-24)17-5-3-16(21)4-6-17/h2-7,18-19,25H,8-14H2,1H3. The van der Waals surface area contributed by atoms with Gasteiger partial charge < -0.3 is 14.4 Å². The van der Waals surface area contributed by atoms with Gasteiger partial charge in [-0.15, -0.1) is 0 Å². The lowest BCUT2D eigenvalue weighted by Gasteiger charge is -2.48. The van der Waals surface area contributed by atoms with Gasteiger partial charge in [-0.1, -0.05) is 0 Å². The van der Waals surface area contributed by atoms with E-state index in [1.54, 1.807) is 0 Å². The highest BCUT2D eigenvalue weighted by atomic mass is 19.1. The topological polar surface area (TPSA) is 43.1 Å². The Hall–Kier alpha value is -1.89. The molecule has 5 nitrogen and oxygen atoms in total. The van der Waals surface area contributed by atoms with E-state index in [1.807, 2.05) is 31.2 Å². The molecule has 1 aromatic heterocycles. The van der Waals surface area contributed by atoms with Gasteiger partial charge in [0.05, 0.1) is 0 Å². The lowest BCUT2D eigenvalue weighted by Crippen LogP contribution is -2.63. The van der Waals surface area contributed by atoms with Gasteiger partial charge >= 0.3 is 0 Å². The highest BCUT2D eigenvalue weighted by Crippen LogP contribution is 2.24. The summed E-state index contributed by atoms with van der Waals surface area (Å²) in [5.74, 6) is 1.30. The van der Waals surface area contributed by atoms with Crippen molar-refractivity contribution < 1.29 is 13.9 Å². The molecule has 2 saturated heterocycles. The summed E-state index contributed by atoms with van der Waals surface area (Å²) in [7, 11) is 0. The van der Waals surface area contributed by atoms with E-state index >= 15 is 0 Å². The highest BCUT2D eigenvalue weighted by Gasteiger charge is 2.34. The van der Waals surface area contributed by atoms with Crippen LogP contribution in [0.2, 0.25) is 0 Å². The number of β-amino-alcohol motifs (C(OH)–C–C–N with tert-alkyl or cyclic N) is 1. The first-order valence-electron chi connectivity index (χ1n) is 9.30. The van der Waals surface area contributed by atoms with Crippen molar-refractivity contribution in [2.45, 2.75) is 19.1 Å². The third kappa shape index (κ3) is 3.77. The van der Waals surface area contributed by atoms with Crippen molar-refractivity contribution in [2.75, 3.05) is 50.7 Å². The minimum atomic E-state index is -0.556. The van der Waals surface area contributed by atoms with Crippen molar-refractivity contribution in [1.29, 1.82) is 0 Å². The molecule has 1 N–H and O–H groups in total. The average Bonchev–Trinajstić information content (AvgIpc) is 3.05. The van der Waals surface area contributed by atoms with Gasteiger partial charge in [0.15, 0.2) is 0 Å². The Morgan fingerprint density at radius 2 is 1.77 bits per heavy atom. The van der Waals surface area contributed by atoms with Crippen LogP contribution in [0.4, 0.5) is 10.1 Å². The lowest BCUT2D eigenvalue weighted by atomic mass is 10.0. The first kappa shape index (κ1) is 17.5. The second-order valence-electron chi connectivity index (χ2n) is 7.34. The number of hydrogen-bond donors (Lipinski definition) is 1. The summed E-state index contributed by atoms with van der Waals surface area (Å²) in [6.45, 7) is 8.49. The number of anilines is 1. The van der Waals surface area contributed by atoms with Crippen LogP contribution in [0.15, 0.2) is 40.8 Å². The summed E-state index contributed by atoms with van der Waals surface area (Å²) in [5.41, 5.74) is 1.10. The molecule has 2 aliphatic heterocycles. The molecule has 1 unspecified atom stereocenters. The van der Waals surface area contributed by atoms with Gasteiger partial charge in [0.25, 0.3) is 0 Å². The molecule has 2 aromatic rings. The number of aliphatic hydroxyl groups is 1. The average molecular weight is 359 g/mol. The number of halogens is 1. The molecule has 1 atom stereocenters. The van der Waals surface area contributed by atoms with E-state index in [2.05, 4.69) is 14.7 Å². The molecular formula is C20H26FN3O2. The number of aliphatic hydroxyl groups excluding tert-OH is 1. The van der Waals surface area contributed by atoms with E-state index in [4.69, 9.17) is 4.42 Å². The minimum absolute atomic E-state index is 0.186. The molecule has 1 aromatic carbocycles. The summed E-state index contributed by atoms with van der Waals surface area (Å²) >= 11 is 0. The zero-order chi connectivity index (χ0) is 18.1. The van der Waals surface area contributed by atoms with Gasteiger partial charge in [0.2, 0.25) is 0 Å². The van der Waals surface area contributed by atoms with E-state index in [0.29, 0.717) is 18.3 Å². The van der Waals surface area contributed by atoms with Crippen LogP contribution in [0.25, 0.3) is 0 Å². The Morgan fingerprint density at radius 1 is 1.08 bits per heavy atom. The molecular weight excluding hydrogens is 333 g/mol. The molecule has 0 amide bonds. The third-order valence-corrected chi connectivity index (χ3v) is 5.48. The highest BCUT2D eigenvalue weighted by molar-refractivity contribution is 5.46. The number of benzene rings is 1. The fourth-order valence-corrected chi connectivity index (χ4v) is 3.89. The van der Waals surface area contributed by atoms with Crippen LogP contribution in [0.3, 0.4) is 0 Å². The third-order valence-electron chi connectivity index (χ3n) is 5.48. The zero-order valence-electron chi connectivity index (χ0n) is 15.1. The number of likely N-dealkylation sites (tertiary alicyclic amines) is 1. The first-order chi connectivity index (χ1) is 12.6. The quantitative estimate of drug-likeness (QED) is 0.887. The van der Waals surface area contributed by atoms with Crippen LogP contribution in [0.5, 0.6) is 0 Å². The fraction of sp³-hybridized carbons (Fsp3) is 0.500. The van der Waals surface area contributed by atoms with Gasteiger partial charge in [-0.3, -0.25) is 9.80 Å². The first-order valence-corrected chi connectivity index (χ1v) is 9.30. The Kier molecular flexibility index (Phi) is 4.98. The predicted molar refractivity (Wildman–Crippen MR) is 98.8 cm³/mol. The number of aryl methyl sites for hydroxylation is 1. The van der Waals surface area contributed by atoms with Crippen molar-refractivity contribution in [1.82, 2.24) is 9.80 Å². The smallest absolute Gasteiger partial charge is 0.133 e. The molecule has 2 fully saturated rings. The monoisotopic (exact) mass is 359 g/mol. The number of furan rings is 1. The van der Waals surface area contributed by atoms with Crippen LogP contribution < -0.4 is 4.90 Å². The largest absolute Gasteiger partial charge is 0.464 e. The molecule has 0 spiro atoms. The number of piperazine rings is 1. The molecule has 0 radical (unpaired) electrons. The maximum atomic E-state index is 13.1. The molecule has 26 heavy (non-hydrogen) atoms. The Labute approximate surface area is 153 Å². The van der Waals surface area contributed by atoms with Crippen LogP contribution >= 0.6 is 0 Å².